The number of benzene rings is 2. The predicted octanol–water partition coefficient (Wildman–Crippen LogP) is 2.34. The van der Waals surface area contributed by atoms with Gasteiger partial charge in [-0.15, -0.1) is 0 Å². The van der Waals surface area contributed by atoms with Crippen LogP contribution in [0.5, 0.6) is 0 Å². The lowest BCUT2D eigenvalue weighted by Crippen LogP contribution is -2.06. The maximum atomic E-state index is 6.24. The molecule has 2 aromatic rings. The molecule has 0 fully saturated rings. The minimum Gasteiger partial charge on any atom is -0.398 e. The van der Waals surface area contributed by atoms with Crippen molar-refractivity contribution in [1.82, 2.24) is 0 Å². The summed E-state index contributed by atoms with van der Waals surface area (Å²) in [5.74, 6) is 0. The van der Waals surface area contributed by atoms with Crippen LogP contribution in [-0.4, -0.2) is 6.54 Å². The van der Waals surface area contributed by atoms with Gasteiger partial charge in [0.05, 0.1) is 0 Å². The van der Waals surface area contributed by atoms with Crippen LogP contribution >= 0.6 is 0 Å². The quantitative estimate of drug-likeness (QED) is 0.656. The average molecular weight is 224 g/mol. The van der Waals surface area contributed by atoms with E-state index in [2.05, 4.69) is 36.4 Å². The molecule has 0 aromatic heterocycles. The molecule has 0 heterocycles. The van der Waals surface area contributed by atoms with Crippen molar-refractivity contribution < 1.29 is 0 Å². The van der Waals surface area contributed by atoms with E-state index >= 15 is 0 Å². The van der Waals surface area contributed by atoms with Crippen molar-refractivity contribution >= 4 is 5.69 Å². The summed E-state index contributed by atoms with van der Waals surface area (Å²) in [5, 5.41) is 0. The molecular formula is C15H16N2. The Labute approximate surface area is 101 Å². The van der Waals surface area contributed by atoms with Gasteiger partial charge in [-0.2, -0.15) is 0 Å². The van der Waals surface area contributed by atoms with Crippen LogP contribution in [0.4, 0.5) is 5.69 Å². The highest BCUT2D eigenvalue weighted by atomic mass is 14.6. The SMILES string of the molecule is NCCc1ccc2c(c1N)Cc1ccccc1-2. The van der Waals surface area contributed by atoms with Gasteiger partial charge in [0.25, 0.3) is 0 Å². The Hall–Kier alpha value is -1.80. The molecule has 4 N–H and O–H groups in total. The zero-order valence-corrected chi connectivity index (χ0v) is 9.74. The van der Waals surface area contributed by atoms with Crippen LogP contribution < -0.4 is 11.5 Å². The van der Waals surface area contributed by atoms with E-state index in [9.17, 15) is 0 Å². The first-order valence-corrected chi connectivity index (χ1v) is 6.00. The van der Waals surface area contributed by atoms with Crippen LogP contribution in [0.2, 0.25) is 0 Å². The van der Waals surface area contributed by atoms with Gasteiger partial charge in [0.15, 0.2) is 0 Å². The first-order chi connectivity index (χ1) is 8.31. The van der Waals surface area contributed by atoms with Gasteiger partial charge in [-0.25, -0.2) is 0 Å². The molecule has 0 aliphatic heterocycles. The molecule has 1 aliphatic carbocycles. The molecule has 2 heteroatoms. The lowest BCUT2D eigenvalue weighted by molar-refractivity contribution is 0.969. The second-order valence-corrected chi connectivity index (χ2v) is 4.54. The van der Waals surface area contributed by atoms with Gasteiger partial charge >= 0.3 is 0 Å². The molecule has 3 rings (SSSR count). The number of fused-ring (bicyclic) bond motifs is 3. The Kier molecular flexibility index (Phi) is 2.37. The van der Waals surface area contributed by atoms with E-state index in [-0.39, 0.29) is 0 Å². The monoisotopic (exact) mass is 224 g/mol. The number of hydrogen-bond acceptors (Lipinski definition) is 2. The fourth-order valence-corrected chi connectivity index (χ4v) is 2.66. The van der Waals surface area contributed by atoms with Gasteiger partial charge in [0.2, 0.25) is 0 Å². The number of nitrogen functional groups attached to an aromatic ring is 1. The molecule has 0 spiro atoms. The molecule has 0 radical (unpaired) electrons. The third kappa shape index (κ3) is 1.53. The summed E-state index contributed by atoms with van der Waals surface area (Å²) in [7, 11) is 0. The Bertz CT molecular complexity index is 573. The van der Waals surface area contributed by atoms with Crippen molar-refractivity contribution in [3.05, 3.63) is 53.1 Å². The zero-order valence-electron chi connectivity index (χ0n) is 9.74. The Morgan fingerprint density at radius 2 is 1.82 bits per heavy atom. The van der Waals surface area contributed by atoms with Gasteiger partial charge in [0, 0.05) is 12.1 Å². The number of anilines is 1. The van der Waals surface area contributed by atoms with Crippen molar-refractivity contribution in [3.63, 3.8) is 0 Å². The van der Waals surface area contributed by atoms with E-state index in [0.717, 1.165) is 18.5 Å². The number of rotatable bonds is 2. The molecule has 0 saturated heterocycles. The molecule has 0 bridgehead atoms. The lowest BCUT2D eigenvalue weighted by atomic mass is 9.99. The zero-order chi connectivity index (χ0) is 11.8. The Balaban J connectivity index is 2.15. The maximum absolute atomic E-state index is 6.24. The average Bonchev–Trinajstić information content (AvgIpc) is 2.73. The van der Waals surface area contributed by atoms with Crippen LogP contribution in [0, 0.1) is 0 Å². The van der Waals surface area contributed by atoms with Crippen LogP contribution in [0.1, 0.15) is 16.7 Å². The first-order valence-electron chi connectivity index (χ1n) is 6.00. The van der Waals surface area contributed by atoms with E-state index in [1.54, 1.807) is 0 Å². The second kappa shape index (κ2) is 3.90. The van der Waals surface area contributed by atoms with E-state index < -0.39 is 0 Å². The fraction of sp³-hybridized carbons (Fsp3) is 0.200. The largest absolute Gasteiger partial charge is 0.398 e. The van der Waals surface area contributed by atoms with E-state index in [1.807, 2.05) is 0 Å². The van der Waals surface area contributed by atoms with Crippen LogP contribution in [-0.2, 0) is 12.8 Å². The molecule has 0 saturated carbocycles. The van der Waals surface area contributed by atoms with Gasteiger partial charge < -0.3 is 11.5 Å². The highest BCUT2D eigenvalue weighted by Gasteiger charge is 2.20. The minimum absolute atomic E-state index is 0.649. The number of hydrogen-bond donors (Lipinski definition) is 2. The van der Waals surface area contributed by atoms with Crippen molar-refractivity contribution in [2.24, 2.45) is 5.73 Å². The summed E-state index contributed by atoms with van der Waals surface area (Å²) in [6, 6.07) is 12.8. The Morgan fingerprint density at radius 3 is 2.65 bits per heavy atom. The van der Waals surface area contributed by atoms with E-state index in [4.69, 9.17) is 11.5 Å². The molecule has 17 heavy (non-hydrogen) atoms. The third-order valence-electron chi connectivity index (χ3n) is 3.54. The third-order valence-corrected chi connectivity index (χ3v) is 3.54. The summed E-state index contributed by atoms with van der Waals surface area (Å²) in [4.78, 5) is 0. The smallest absolute Gasteiger partial charge is 0.0389 e. The Morgan fingerprint density at radius 1 is 1.00 bits per heavy atom. The van der Waals surface area contributed by atoms with E-state index in [0.29, 0.717) is 6.54 Å². The van der Waals surface area contributed by atoms with Crippen molar-refractivity contribution in [2.45, 2.75) is 12.8 Å². The summed E-state index contributed by atoms with van der Waals surface area (Å²) in [5.41, 5.74) is 19.2. The van der Waals surface area contributed by atoms with Gasteiger partial charge in [0.1, 0.15) is 0 Å². The van der Waals surface area contributed by atoms with Crippen molar-refractivity contribution in [1.29, 1.82) is 0 Å². The lowest BCUT2D eigenvalue weighted by Gasteiger charge is -2.09. The van der Waals surface area contributed by atoms with E-state index in [1.165, 1.54) is 27.8 Å². The van der Waals surface area contributed by atoms with Gasteiger partial charge in [-0.05, 0) is 40.8 Å². The maximum Gasteiger partial charge on any atom is 0.0389 e. The van der Waals surface area contributed by atoms with Gasteiger partial charge in [-0.1, -0.05) is 36.4 Å². The molecular weight excluding hydrogens is 208 g/mol. The normalized spacial score (nSPS) is 12.3. The highest BCUT2D eigenvalue weighted by molar-refractivity contribution is 5.82. The summed E-state index contributed by atoms with van der Waals surface area (Å²) in [6.07, 6.45) is 1.81. The predicted molar refractivity (Wildman–Crippen MR) is 71.9 cm³/mol. The van der Waals surface area contributed by atoms with Crippen molar-refractivity contribution in [3.8, 4) is 11.1 Å². The fourth-order valence-electron chi connectivity index (χ4n) is 2.66. The molecule has 1 aliphatic rings. The minimum atomic E-state index is 0.649. The molecule has 86 valence electrons. The highest BCUT2D eigenvalue weighted by Crippen LogP contribution is 2.40. The summed E-state index contributed by atoms with van der Waals surface area (Å²) < 4.78 is 0. The molecule has 0 atom stereocenters. The topological polar surface area (TPSA) is 52.0 Å². The molecule has 0 unspecified atom stereocenters. The second-order valence-electron chi connectivity index (χ2n) is 4.54. The van der Waals surface area contributed by atoms with Gasteiger partial charge in [-0.3, -0.25) is 0 Å². The van der Waals surface area contributed by atoms with Crippen molar-refractivity contribution in [2.75, 3.05) is 12.3 Å². The molecule has 2 nitrogen and oxygen atoms in total. The standard InChI is InChI=1S/C15H16N2/c16-8-7-10-5-6-13-12-4-2-1-3-11(12)9-14(13)15(10)17/h1-6H,7-9,16-17H2. The summed E-state index contributed by atoms with van der Waals surface area (Å²) >= 11 is 0. The van der Waals surface area contributed by atoms with Crippen LogP contribution in [0.15, 0.2) is 36.4 Å². The summed E-state index contributed by atoms with van der Waals surface area (Å²) in [6.45, 7) is 0.649. The first kappa shape index (κ1) is 10.4. The molecule has 2 aromatic carbocycles. The van der Waals surface area contributed by atoms with Crippen LogP contribution in [0.25, 0.3) is 11.1 Å². The number of nitrogens with two attached hydrogens (primary N) is 2. The molecule has 0 amide bonds. The van der Waals surface area contributed by atoms with Crippen LogP contribution in [0.3, 0.4) is 0 Å².